The zero-order valence-electron chi connectivity index (χ0n) is 4.54. The summed E-state index contributed by atoms with van der Waals surface area (Å²) in [7, 11) is 20.1. The first-order chi connectivity index (χ1) is 4.50. The van der Waals surface area contributed by atoms with Gasteiger partial charge >= 0.3 is 49.6 Å². The van der Waals surface area contributed by atoms with Gasteiger partial charge in [0.05, 0.1) is 0 Å². The molecule has 0 nitrogen and oxygen atoms in total. The molecule has 0 saturated carbocycles. The van der Waals surface area contributed by atoms with Gasteiger partial charge in [-0.05, 0) is 0 Å². The van der Waals surface area contributed by atoms with Gasteiger partial charge in [0.25, 0.3) is 0 Å². The second kappa shape index (κ2) is 5.84. The molecule has 0 amide bonds. The summed E-state index contributed by atoms with van der Waals surface area (Å²) in [5.41, 5.74) is 0. The topological polar surface area (TPSA) is 0 Å². The average molecular weight is 296 g/mol. The first kappa shape index (κ1) is 11.3. The van der Waals surface area contributed by atoms with E-state index in [1.165, 1.54) is 0 Å². The van der Waals surface area contributed by atoms with Crippen molar-refractivity contribution in [3.8, 4) is 0 Å². The summed E-state index contributed by atoms with van der Waals surface area (Å²) < 4.78 is 0. The number of hydrogen-bond acceptors (Lipinski definition) is 0. The van der Waals surface area contributed by atoms with Crippen LogP contribution in [0.3, 0.4) is 0 Å². The molecule has 0 N–H and O–H groups in total. The van der Waals surface area contributed by atoms with Gasteiger partial charge in [0.15, 0.2) is 0 Å². The van der Waals surface area contributed by atoms with Gasteiger partial charge in [0, 0.05) is 0 Å². The Morgan fingerprint density at radius 2 is 1.20 bits per heavy atom. The third-order valence-corrected chi connectivity index (χ3v) is 0.351. The fraction of sp³-hybridized carbons (Fsp3) is 0. The maximum atomic E-state index is 5.03. The molecular weight excluding hydrogens is 295 g/mol. The zero-order chi connectivity index (χ0) is 8.04. The molecule has 0 aliphatic heterocycles. The molecule has 0 aliphatic carbocycles. The maximum Gasteiger partial charge on any atom is -0.800 e. The molecular formula is C5HCl4Nb-5. The Balaban J connectivity index is 0.000000162. The molecule has 0 bridgehead atoms. The SMILES string of the molecule is [Cl][Nb]([Cl])([Cl])[Cl].[c-]1[c-][c-][cH-][c-]1. The molecule has 5 heteroatoms. The van der Waals surface area contributed by atoms with E-state index in [2.05, 4.69) is 24.3 Å². The summed E-state index contributed by atoms with van der Waals surface area (Å²) in [4.78, 5) is 0. The fourth-order valence-corrected chi connectivity index (χ4v) is 0.180. The summed E-state index contributed by atoms with van der Waals surface area (Å²) in [5, 5.41) is 0. The van der Waals surface area contributed by atoms with E-state index in [0.717, 1.165) is 0 Å². The van der Waals surface area contributed by atoms with Crippen molar-refractivity contribution < 1.29 is 12.8 Å². The van der Waals surface area contributed by atoms with E-state index in [0.29, 0.717) is 0 Å². The Morgan fingerprint density at radius 1 is 0.900 bits per heavy atom. The summed E-state index contributed by atoms with van der Waals surface area (Å²) in [6.45, 7) is 0. The number of halogens is 4. The summed E-state index contributed by atoms with van der Waals surface area (Å²) in [6, 6.07) is 12.0. The van der Waals surface area contributed by atoms with Crippen LogP contribution in [0.1, 0.15) is 0 Å². The van der Waals surface area contributed by atoms with Gasteiger partial charge in [-0.1, -0.05) is 0 Å². The van der Waals surface area contributed by atoms with E-state index in [1.807, 2.05) is 0 Å². The van der Waals surface area contributed by atoms with Gasteiger partial charge in [-0.3, -0.25) is 0 Å². The van der Waals surface area contributed by atoms with Crippen molar-refractivity contribution in [2.24, 2.45) is 0 Å². The summed E-state index contributed by atoms with van der Waals surface area (Å²) in [6.07, 6.45) is 0. The first-order valence-electron chi connectivity index (χ1n) is 2.00. The van der Waals surface area contributed by atoms with E-state index in [4.69, 9.17) is 36.8 Å². The van der Waals surface area contributed by atoms with Crippen LogP contribution in [-0.4, -0.2) is 0 Å². The van der Waals surface area contributed by atoms with Gasteiger partial charge in [0.1, 0.15) is 0 Å². The van der Waals surface area contributed by atoms with E-state index >= 15 is 0 Å². The van der Waals surface area contributed by atoms with E-state index in [9.17, 15) is 0 Å². The Morgan fingerprint density at radius 3 is 1.30 bits per heavy atom. The van der Waals surface area contributed by atoms with Gasteiger partial charge in [-0.25, -0.2) is 0 Å². The second-order valence-electron chi connectivity index (χ2n) is 1.07. The van der Waals surface area contributed by atoms with E-state index in [1.54, 1.807) is 6.07 Å². The van der Waals surface area contributed by atoms with E-state index in [-0.39, 0.29) is 0 Å². The number of hydrogen-bond donors (Lipinski definition) is 0. The van der Waals surface area contributed by atoms with E-state index < -0.39 is 12.8 Å². The minimum atomic E-state index is -3.21. The molecule has 0 fully saturated rings. The molecule has 0 saturated heterocycles. The van der Waals surface area contributed by atoms with Crippen molar-refractivity contribution >= 4 is 36.8 Å². The first-order valence-corrected chi connectivity index (χ1v) is 13.3. The van der Waals surface area contributed by atoms with Crippen molar-refractivity contribution in [3.63, 3.8) is 0 Å². The molecule has 0 heterocycles. The standard InChI is InChI=1S/C5H.4ClH.Nb/c1-2-4-5-3-1;;;;;/h1H;4*1H;/q-5;;;;;+4/p-4. The minimum Gasteiger partial charge on any atom is -0.999 e. The molecule has 0 aromatic heterocycles. The smallest absolute Gasteiger partial charge is 0.800 e. The third-order valence-electron chi connectivity index (χ3n) is 0.351. The van der Waals surface area contributed by atoms with Gasteiger partial charge < -0.3 is 30.3 Å². The van der Waals surface area contributed by atoms with Crippen LogP contribution in [0.15, 0.2) is 6.07 Å². The van der Waals surface area contributed by atoms with Crippen LogP contribution >= 0.6 is 36.8 Å². The van der Waals surface area contributed by atoms with Crippen molar-refractivity contribution in [1.29, 1.82) is 0 Å². The number of rotatable bonds is 0. The summed E-state index contributed by atoms with van der Waals surface area (Å²) >= 11 is -3.21. The van der Waals surface area contributed by atoms with Gasteiger partial charge in [0.2, 0.25) is 0 Å². The summed E-state index contributed by atoms with van der Waals surface area (Å²) in [5.74, 6) is 0. The Kier molecular flexibility index (Phi) is 6.58. The van der Waals surface area contributed by atoms with Crippen LogP contribution in [0.4, 0.5) is 0 Å². The van der Waals surface area contributed by atoms with Crippen LogP contribution in [0.5, 0.6) is 0 Å². The van der Waals surface area contributed by atoms with Crippen LogP contribution in [-0.2, 0) is 12.8 Å². The molecule has 0 radical (unpaired) electrons. The normalized spacial score (nSPS) is 10.0. The molecule has 1 aromatic rings. The largest absolute Gasteiger partial charge is 0.999 e. The monoisotopic (exact) mass is 294 g/mol. The quantitative estimate of drug-likeness (QED) is 0.508. The fourth-order valence-electron chi connectivity index (χ4n) is 0.180. The molecule has 10 heavy (non-hydrogen) atoms. The Labute approximate surface area is 79.2 Å². The van der Waals surface area contributed by atoms with Crippen LogP contribution < -0.4 is 0 Å². The van der Waals surface area contributed by atoms with Crippen molar-refractivity contribution in [1.82, 2.24) is 0 Å². The minimum absolute atomic E-state index is 1.64. The maximum absolute atomic E-state index is 5.03. The predicted octanol–water partition coefficient (Wildman–Crippen LogP) is 3.36. The predicted molar refractivity (Wildman–Crippen MR) is 40.8 cm³/mol. The molecule has 0 spiro atoms. The Bertz CT molecular complexity index is 120. The van der Waals surface area contributed by atoms with Crippen LogP contribution in [0.2, 0.25) is 0 Å². The van der Waals surface area contributed by atoms with Crippen LogP contribution in [0.25, 0.3) is 0 Å². The van der Waals surface area contributed by atoms with Crippen molar-refractivity contribution in [2.45, 2.75) is 0 Å². The Hall–Kier alpha value is 1.25. The average Bonchev–Trinajstić information content (AvgIpc) is 2.07. The zero-order valence-corrected chi connectivity index (χ0v) is 9.76. The van der Waals surface area contributed by atoms with Crippen molar-refractivity contribution in [3.05, 3.63) is 30.3 Å². The second-order valence-corrected chi connectivity index (χ2v) is 21.1. The molecule has 0 atom stereocenters. The van der Waals surface area contributed by atoms with Gasteiger partial charge in [-0.15, -0.1) is 0 Å². The molecule has 1 aromatic carbocycles. The molecule has 59 valence electrons. The van der Waals surface area contributed by atoms with Crippen LogP contribution in [0, 0.1) is 24.3 Å². The third kappa shape index (κ3) is 16.1. The molecule has 1 rings (SSSR count). The van der Waals surface area contributed by atoms with Crippen molar-refractivity contribution in [2.75, 3.05) is 0 Å². The van der Waals surface area contributed by atoms with Gasteiger partial charge in [-0.2, -0.15) is 0 Å². The molecule has 0 unspecified atom stereocenters. The molecule has 0 aliphatic rings.